The molecule has 0 spiro atoms. The van der Waals surface area contributed by atoms with Gasteiger partial charge in [-0.25, -0.2) is 0 Å². The molecule has 0 aromatic rings. The minimum Gasteiger partial charge on any atom is -0.396 e. The number of alkyl halides is 3. The van der Waals surface area contributed by atoms with Crippen LogP contribution in [0, 0.1) is 11.8 Å². The molecule has 2 rings (SSSR count). The fourth-order valence-corrected chi connectivity index (χ4v) is 3.74. The van der Waals surface area contributed by atoms with Crippen molar-refractivity contribution in [2.24, 2.45) is 17.6 Å². The van der Waals surface area contributed by atoms with Crippen LogP contribution < -0.4 is 11.1 Å². The molecule has 3 nitrogen and oxygen atoms in total. The molecule has 0 saturated heterocycles. The molecule has 6 heteroatoms. The van der Waals surface area contributed by atoms with E-state index in [1.165, 1.54) is 0 Å². The molecule has 0 bridgehead atoms. The van der Waals surface area contributed by atoms with E-state index in [1.807, 2.05) is 0 Å². The fraction of sp³-hybridized carbons (Fsp3) is 1.00. The van der Waals surface area contributed by atoms with Gasteiger partial charge in [0.2, 0.25) is 0 Å². The monoisotopic (exact) mass is 294 g/mol. The van der Waals surface area contributed by atoms with Gasteiger partial charge in [-0.05, 0) is 44.4 Å². The molecule has 4 N–H and O–H groups in total. The number of hydrogen-bond donors (Lipinski definition) is 3. The Morgan fingerprint density at radius 1 is 1.15 bits per heavy atom. The van der Waals surface area contributed by atoms with E-state index in [4.69, 9.17) is 5.73 Å². The third-order valence-electron chi connectivity index (χ3n) is 5.18. The normalized spacial score (nSPS) is 39.1. The summed E-state index contributed by atoms with van der Waals surface area (Å²) in [6.45, 7) is 0.510. The molecule has 0 heterocycles. The zero-order chi connectivity index (χ0) is 14.8. The van der Waals surface area contributed by atoms with E-state index >= 15 is 0 Å². The van der Waals surface area contributed by atoms with Crippen molar-refractivity contribution >= 4 is 0 Å². The van der Waals surface area contributed by atoms with Crippen molar-refractivity contribution < 1.29 is 18.3 Å². The van der Waals surface area contributed by atoms with Crippen LogP contribution in [0.25, 0.3) is 0 Å². The zero-order valence-corrected chi connectivity index (χ0v) is 11.8. The summed E-state index contributed by atoms with van der Waals surface area (Å²) in [5.41, 5.74) is 5.48. The lowest BCUT2D eigenvalue weighted by molar-refractivity contribution is -0.185. The Hall–Kier alpha value is -0.330. The van der Waals surface area contributed by atoms with Gasteiger partial charge < -0.3 is 16.2 Å². The zero-order valence-electron chi connectivity index (χ0n) is 11.8. The van der Waals surface area contributed by atoms with Gasteiger partial charge in [0.25, 0.3) is 0 Å². The molecule has 2 unspecified atom stereocenters. The van der Waals surface area contributed by atoms with Crippen molar-refractivity contribution in [3.63, 3.8) is 0 Å². The molecular weight excluding hydrogens is 269 g/mol. The Morgan fingerprint density at radius 2 is 1.80 bits per heavy atom. The van der Waals surface area contributed by atoms with E-state index in [-0.39, 0.29) is 36.9 Å². The SMILES string of the molecule is NCC1(NC2CCCC2CO)CCC(C(F)(F)F)CC1. The first-order valence-electron chi connectivity index (χ1n) is 7.55. The molecule has 2 fully saturated rings. The van der Waals surface area contributed by atoms with Gasteiger partial charge >= 0.3 is 6.18 Å². The number of nitrogens with two attached hydrogens (primary N) is 1. The Bertz CT molecular complexity index is 314. The smallest absolute Gasteiger partial charge is 0.391 e. The van der Waals surface area contributed by atoms with Crippen LogP contribution in [0.3, 0.4) is 0 Å². The van der Waals surface area contributed by atoms with Crippen molar-refractivity contribution in [3.05, 3.63) is 0 Å². The van der Waals surface area contributed by atoms with Gasteiger partial charge in [-0.15, -0.1) is 0 Å². The van der Waals surface area contributed by atoms with Gasteiger partial charge in [0.1, 0.15) is 0 Å². The largest absolute Gasteiger partial charge is 0.396 e. The number of nitrogens with one attached hydrogen (secondary N) is 1. The summed E-state index contributed by atoms with van der Waals surface area (Å²) in [5.74, 6) is -0.958. The number of halogens is 3. The molecule has 2 saturated carbocycles. The molecule has 20 heavy (non-hydrogen) atoms. The van der Waals surface area contributed by atoms with E-state index in [0.29, 0.717) is 19.4 Å². The summed E-state index contributed by atoms with van der Waals surface area (Å²) in [4.78, 5) is 0. The van der Waals surface area contributed by atoms with Crippen LogP contribution in [-0.4, -0.2) is 36.0 Å². The van der Waals surface area contributed by atoms with Gasteiger partial charge in [-0.3, -0.25) is 0 Å². The second-order valence-corrected chi connectivity index (χ2v) is 6.42. The van der Waals surface area contributed by atoms with Crippen LogP contribution >= 0.6 is 0 Å². The molecule has 0 aromatic carbocycles. The van der Waals surface area contributed by atoms with E-state index in [1.54, 1.807) is 0 Å². The molecule has 0 aromatic heterocycles. The van der Waals surface area contributed by atoms with E-state index in [0.717, 1.165) is 19.3 Å². The van der Waals surface area contributed by atoms with Crippen molar-refractivity contribution in [2.45, 2.75) is 62.7 Å². The predicted octanol–water partition coefficient (Wildman–Crippen LogP) is 2.19. The summed E-state index contributed by atoms with van der Waals surface area (Å²) in [7, 11) is 0. The van der Waals surface area contributed by atoms with E-state index < -0.39 is 12.1 Å². The highest BCUT2D eigenvalue weighted by atomic mass is 19.4. The topological polar surface area (TPSA) is 58.3 Å². The Morgan fingerprint density at radius 3 is 2.30 bits per heavy atom. The summed E-state index contributed by atoms with van der Waals surface area (Å²) >= 11 is 0. The fourth-order valence-electron chi connectivity index (χ4n) is 3.74. The molecule has 0 radical (unpaired) electrons. The van der Waals surface area contributed by atoms with Crippen LogP contribution in [0.5, 0.6) is 0 Å². The highest BCUT2D eigenvalue weighted by Crippen LogP contribution is 2.41. The van der Waals surface area contributed by atoms with Crippen LogP contribution in [0.2, 0.25) is 0 Å². The van der Waals surface area contributed by atoms with Gasteiger partial charge in [-0.2, -0.15) is 13.2 Å². The first kappa shape index (κ1) is 16.0. The third kappa shape index (κ3) is 3.46. The molecule has 118 valence electrons. The minimum atomic E-state index is -4.08. The van der Waals surface area contributed by atoms with E-state index in [9.17, 15) is 18.3 Å². The van der Waals surface area contributed by atoms with E-state index in [2.05, 4.69) is 5.32 Å². The maximum atomic E-state index is 12.7. The van der Waals surface area contributed by atoms with Crippen LogP contribution in [0.4, 0.5) is 13.2 Å². The quantitative estimate of drug-likeness (QED) is 0.745. The predicted molar refractivity (Wildman–Crippen MR) is 71.1 cm³/mol. The van der Waals surface area contributed by atoms with Gasteiger partial charge in [0, 0.05) is 24.7 Å². The second kappa shape index (κ2) is 6.20. The maximum Gasteiger partial charge on any atom is 0.391 e. The summed E-state index contributed by atoms with van der Waals surface area (Å²) in [6, 6.07) is 0.200. The van der Waals surface area contributed by atoms with Gasteiger partial charge in [0.05, 0.1) is 5.92 Å². The lowest BCUT2D eigenvalue weighted by atomic mass is 9.75. The highest BCUT2D eigenvalue weighted by Gasteiger charge is 2.46. The van der Waals surface area contributed by atoms with Crippen molar-refractivity contribution in [2.75, 3.05) is 13.2 Å². The minimum absolute atomic E-state index is 0.142. The van der Waals surface area contributed by atoms with Crippen molar-refractivity contribution in [1.82, 2.24) is 5.32 Å². The molecular formula is C14H25F3N2O. The van der Waals surface area contributed by atoms with Crippen LogP contribution in [0.1, 0.15) is 44.9 Å². The lowest BCUT2D eigenvalue weighted by Gasteiger charge is -2.43. The van der Waals surface area contributed by atoms with Gasteiger partial charge in [0.15, 0.2) is 0 Å². The number of hydrogen-bond acceptors (Lipinski definition) is 3. The average molecular weight is 294 g/mol. The standard InChI is InChI=1S/C14H25F3N2O/c15-14(16,17)11-4-6-13(9-18,7-5-11)19-12-3-1-2-10(12)8-20/h10-12,19-20H,1-9,18H2. The number of aliphatic hydroxyl groups is 1. The Labute approximate surface area is 118 Å². The molecule has 2 aliphatic rings. The first-order valence-corrected chi connectivity index (χ1v) is 7.55. The summed E-state index contributed by atoms with van der Waals surface area (Å²) in [5, 5.41) is 12.9. The average Bonchev–Trinajstić information content (AvgIpc) is 2.85. The van der Waals surface area contributed by atoms with Crippen molar-refractivity contribution in [1.29, 1.82) is 0 Å². The molecule has 2 aliphatic carbocycles. The van der Waals surface area contributed by atoms with Crippen LogP contribution in [-0.2, 0) is 0 Å². The van der Waals surface area contributed by atoms with Gasteiger partial charge in [-0.1, -0.05) is 6.42 Å². The highest BCUT2D eigenvalue weighted by molar-refractivity contribution is 4.99. The Kier molecular flexibility index (Phi) is 4.97. The van der Waals surface area contributed by atoms with Crippen molar-refractivity contribution in [3.8, 4) is 0 Å². The lowest BCUT2D eigenvalue weighted by Crippen LogP contribution is -2.58. The number of rotatable bonds is 4. The maximum absolute atomic E-state index is 12.7. The molecule has 0 aliphatic heterocycles. The summed E-state index contributed by atoms with van der Waals surface area (Å²) in [6.07, 6.45) is 0.214. The second-order valence-electron chi connectivity index (χ2n) is 6.42. The molecule has 0 amide bonds. The first-order chi connectivity index (χ1) is 9.40. The number of aliphatic hydroxyl groups excluding tert-OH is 1. The Balaban J connectivity index is 1.95. The van der Waals surface area contributed by atoms with Crippen LogP contribution in [0.15, 0.2) is 0 Å². The molecule has 2 atom stereocenters. The summed E-state index contributed by atoms with van der Waals surface area (Å²) < 4.78 is 38.2. The third-order valence-corrected chi connectivity index (χ3v) is 5.18.